The second-order valence-corrected chi connectivity index (χ2v) is 9.12. The summed E-state index contributed by atoms with van der Waals surface area (Å²) in [7, 11) is -2.30. The van der Waals surface area contributed by atoms with Gasteiger partial charge in [0, 0.05) is 12.7 Å². The first-order valence-electron chi connectivity index (χ1n) is 8.47. The van der Waals surface area contributed by atoms with Gasteiger partial charge in [0.25, 0.3) is 10.0 Å². The summed E-state index contributed by atoms with van der Waals surface area (Å²) in [4.78, 5) is 25.8. The Hall–Kier alpha value is -1.93. The van der Waals surface area contributed by atoms with Crippen molar-refractivity contribution in [2.24, 2.45) is 17.8 Å². The molecule has 0 unspecified atom stereocenters. The highest BCUT2D eigenvalue weighted by Crippen LogP contribution is 2.60. The van der Waals surface area contributed by atoms with Crippen LogP contribution in [0.3, 0.4) is 0 Å². The van der Waals surface area contributed by atoms with Crippen LogP contribution in [0.4, 0.5) is 5.69 Å². The molecule has 5 rings (SSSR count). The molecule has 2 bridgehead atoms. The highest BCUT2D eigenvalue weighted by atomic mass is 32.2. The lowest BCUT2D eigenvalue weighted by atomic mass is 9.89. The number of likely N-dealkylation sites (N-methyl/N-ethyl adjacent to an activating group) is 1. The normalized spacial score (nSPS) is 34.8. The number of nitrogens with one attached hydrogen (secondary N) is 1. The highest BCUT2D eigenvalue weighted by molar-refractivity contribution is 7.90. The summed E-state index contributed by atoms with van der Waals surface area (Å²) >= 11 is 0. The largest absolute Gasteiger partial charge is 0.374 e. The molecule has 3 fully saturated rings. The number of amides is 2. The summed E-state index contributed by atoms with van der Waals surface area (Å²) in [5, 5.41) is 0. The average Bonchev–Trinajstić information content (AvgIpc) is 3.05. The van der Waals surface area contributed by atoms with Crippen LogP contribution >= 0.6 is 0 Å². The maximum Gasteiger partial charge on any atom is 0.264 e. The van der Waals surface area contributed by atoms with Gasteiger partial charge >= 0.3 is 0 Å². The van der Waals surface area contributed by atoms with Crippen LogP contribution in [0.2, 0.25) is 0 Å². The third-order valence-corrected chi connectivity index (χ3v) is 7.36. The van der Waals surface area contributed by atoms with E-state index in [0.29, 0.717) is 29.5 Å². The van der Waals surface area contributed by atoms with Crippen molar-refractivity contribution in [1.82, 2.24) is 4.72 Å². The Bertz CT molecular complexity index is 912. The Morgan fingerprint density at radius 3 is 2.80 bits per heavy atom. The van der Waals surface area contributed by atoms with Gasteiger partial charge in [-0.3, -0.25) is 9.59 Å². The molecule has 0 aromatic heterocycles. The van der Waals surface area contributed by atoms with Crippen molar-refractivity contribution in [3.8, 4) is 0 Å². The first kappa shape index (κ1) is 15.3. The van der Waals surface area contributed by atoms with Crippen molar-refractivity contribution in [2.45, 2.75) is 36.4 Å². The number of hydrogen-bond acceptors (Lipinski definition) is 5. The van der Waals surface area contributed by atoms with E-state index in [9.17, 15) is 18.0 Å². The monoisotopic (exact) mass is 362 g/mol. The highest BCUT2D eigenvalue weighted by Gasteiger charge is 2.64. The maximum absolute atomic E-state index is 12.6. The Balaban J connectivity index is 1.36. The van der Waals surface area contributed by atoms with E-state index >= 15 is 0 Å². The summed E-state index contributed by atoms with van der Waals surface area (Å²) in [6.45, 7) is 0. The number of benzene rings is 1. The fourth-order valence-electron chi connectivity index (χ4n) is 4.59. The van der Waals surface area contributed by atoms with E-state index in [4.69, 9.17) is 4.74 Å². The minimum absolute atomic E-state index is 0.0103. The van der Waals surface area contributed by atoms with Gasteiger partial charge in [-0.2, -0.15) is 0 Å². The zero-order valence-corrected chi connectivity index (χ0v) is 14.5. The molecule has 25 heavy (non-hydrogen) atoms. The van der Waals surface area contributed by atoms with Crippen LogP contribution in [0.1, 0.15) is 18.4 Å². The lowest BCUT2D eigenvalue weighted by Crippen LogP contribution is -2.40. The number of ether oxygens (including phenoxy) is 1. The van der Waals surface area contributed by atoms with Crippen LogP contribution in [0.25, 0.3) is 0 Å². The third-order valence-electron chi connectivity index (χ3n) is 6.02. The Kier molecular flexibility index (Phi) is 2.96. The molecule has 2 saturated heterocycles. The van der Waals surface area contributed by atoms with E-state index in [0.717, 1.165) is 6.42 Å². The van der Waals surface area contributed by atoms with Crippen LogP contribution in [0.15, 0.2) is 23.1 Å². The van der Waals surface area contributed by atoms with Crippen molar-refractivity contribution < 1.29 is 22.7 Å². The van der Waals surface area contributed by atoms with E-state index < -0.39 is 15.9 Å². The number of rotatable bonds is 3. The van der Waals surface area contributed by atoms with Crippen molar-refractivity contribution in [3.05, 3.63) is 23.8 Å². The third kappa shape index (κ3) is 2.17. The van der Waals surface area contributed by atoms with Gasteiger partial charge in [-0.25, -0.2) is 13.1 Å². The van der Waals surface area contributed by atoms with Gasteiger partial charge in [0.1, 0.15) is 0 Å². The van der Waals surface area contributed by atoms with E-state index in [1.165, 1.54) is 17.0 Å². The number of nitrogens with zero attached hydrogens (tertiary/aromatic N) is 1. The lowest BCUT2D eigenvalue weighted by Gasteiger charge is -2.18. The van der Waals surface area contributed by atoms with Gasteiger partial charge in [0.05, 0.1) is 29.4 Å². The molecule has 3 heterocycles. The molecule has 5 atom stereocenters. The topological polar surface area (TPSA) is 92.8 Å². The quantitative estimate of drug-likeness (QED) is 0.842. The molecule has 132 valence electrons. The zero-order valence-electron chi connectivity index (χ0n) is 13.6. The summed E-state index contributed by atoms with van der Waals surface area (Å²) < 4.78 is 33.2. The summed E-state index contributed by atoms with van der Waals surface area (Å²) in [6.07, 6.45) is 1.87. The molecule has 1 aromatic rings. The number of carbonyl (C=O) groups excluding carboxylic acids is 2. The molecule has 1 N–H and O–H groups in total. The minimum Gasteiger partial charge on any atom is -0.374 e. The van der Waals surface area contributed by atoms with E-state index in [-0.39, 0.29) is 35.3 Å². The summed E-state index contributed by atoms with van der Waals surface area (Å²) in [6, 6.07) is 4.51. The van der Waals surface area contributed by atoms with Crippen molar-refractivity contribution in [2.75, 3.05) is 11.9 Å². The zero-order chi connectivity index (χ0) is 17.5. The van der Waals surface area contributed by atoms with Crippen molar-refractivity contribution >= 4 is 27.5 Å². The molecule has 4 aliphatic rings. The van der Waals surface area contributed by atoms with Crippen LogP contribution in [-0.4, -0.2) is 39.5 Å². The Morgan fingerprint density at radius 2 is 2.08 bits per heavy atom. The van der Waals surface area contributed by atoms with Gasteiger partial charge in [0.15, 0.2) is 0 Å². The van der Waals surface area contributed by atoms with Gasteiger partial charge < -0.3 is 9.64 Å². The molecule has 0 spiro atoms. The molecule has 1 aliphatic carbocycles. The van der Waals surface area contributed by atoms with E-state index in [1.807, 2.05) is 0 Å². The second-order valence-electron chi connectivity index (χ2n) is 7.43. The number of anilines is 1. The van der Waals surface area contributed by atoms with E-state index in [2.05, 4.69) is 4.72 Å². The fraction of sp³-hybridized carbons (Fsp3) is 0.529. The maximum atomic E-state index is 12.6. The molecule has 0 radical (unpaired) electrons. The van der Waals surface area contributed by atoms with Gasteiger partial charge in [-0.05, 0) is 48.4 Å². The SMILES string of the molecule is CN1C(=O)Cc2cc(S(=O)(=O)NC(=O)[C@@H]3C[C@@H]4O[C@H]3[C@H]3C[C@H]34)ccc21. The molecular formula is C17H18N2O5S. The number of fused-ring (bicyclic) bond motifs is 6. The smallest absolute Gasteiger partial charge is 0.264 e. The summed E-state index contributed by atoms with van der Waals surface area (Å²) in [5.74, 6) is 0.0690. The Labute approximate surface area is 145 Å². The first-order chi connectivity index (χ1) is 11.8. The summed E-state index contributed by atoms with van der Waals surface area (Å²) in [5.41, 5.74) is 1.36. The minimum atomic E-state index is -3.96. The van der Waals surface area contributed by atoms with Crippen LogP contribution in [-0.2, 0) is 30.8 Å². The van der Waals surface area contributed by atoms with Gasteiger partial charge in [-0.1, -0.05) is 0 Å². The van der Waals surface area contributed by atoms with Crippen LogP contribution < -0.4 is 9.62 Å². The number of carbonyl (C=O) groups is 2. The molecule has 1 saturated carbocycles. The Morgan fingerprint density at radius 1 is 1.28 bits per heavy atom. The number of hydrogen-bond donors (Lipinski definition) is 1. The standard InChI is InChI=1S/C17H18N2O5S/c1-19-13-3-2-9(4-8(13)5-15(19)20)25(22,23)18-17(21)12-7-14-10-6-11(10)16(12)24-14/h2-4,10-12,14,16H,5-7H2,1H3,(H,18,21)/t10-,11+,12-,14+,16+/m1/s1. The average molecular weight is 362 g/mol. The molecule has 2 amide bonds. The lowest BCUT2D eigenvalue weighted by molar-refractivity contribution is -0.125. The van der Waals surface area contributed by atoms with Gasteiger partial charge in [-0.15, -0.1) is 0 Å². The first-order valence-corrected chi connectivity index (χ1v) is 9.95. The second kappa shape index (κ2) is 4.82. The van der Waals surface area contributed by atoms with E-state index in [1.54, 1.807) is 13.1 Å². The van der Waals surface area contributed by atoms with Crippen LogP contribution in [0.5, 0.6) is 0 Å². The predicted octanol–water partition coefficient (Wildman–Crippen LogP) is 0.434. The molecule has 1 aromatic carbocycles. The van der Waals surface area contributed by atoms with Crippen molar-refractivity contribution in [1.29, 1.82) is 0 Å². The van der Waals surface area contributed by atoms with Crippen molar-refractivity contribution in [3.63, 3.8) is 0 Å². The van der Waals surface area contributed by atoms with Gasteiger partial charge in [0.2, 0.25) is 11.8 Å². The number of sulfonamides is 1. The predicted molar refractivity (Wildman–Crippen MR) is 87.2 cm³/mol. The molecular weight excluding hydrogens is 344 g/mol. The fourth-order valence-corrected chi connectivity index (χ4v) is 5.67. The molecule has 8 heteroatoms. The molecule has 3 aliphatic heterocycles. The molecule has 7 nitrogen and oxygen atoms in total. The van der Waals surface area contributed by atoms with Crippen LogP contribution in [0, 0.1) is 17.8 Å².